The van der Waals surface area contributed by atoms with Gasteiger partial charge in [-0.3, -0.25) is 28.8 Å². The molecule has 1 fully saturated rings. The summed E-state index contributed by atoms with van der Waals surface area (Å²) in [6.07, 6.45) is 3.93. The predicted molar refractivity (Wildman–Crippen MR) is 210 cm³/mol. The topological polar surface area (TPSA) is 242 Å². The molecular weight excluding hydrogens is 702 g/mol. The van der Waals surface area contributed by atoms with E-state index in [2.05, 4.69) is 36.9 Å². The molecule has 55 heavy (non-hydrogen) atoms. The molecule has 2 aromatic carbocycles. The van der Waals surface area contributed by atoms with Crippen LogP contribution < -0.4 is 43.4 Å². The molecule has 1 aliphatic heterocycles. The third-order valence-electron chi connectivity index (χ3n) is 9.61. The van der Waals surface area contributed by atoms with Crippen molar-refractivity contribution in [3.63, 3.8) is 0 Å². The quantitative estimate of drug-likeness (QED) is 0.113. The second-order valence-electron chi connectivity index (χ2n) is 14.6. The molecule has 6 amide bonds. The van der Waals surface area contributed by atoms with Gasteiger partial charge in [-0.1, -0.05) is 68.8 Å². The molecule has 3 aromatic rings. The van der Waals surface area contributed by atoms with Crippen LogP contribution in [0.1, 0.15) is 69.9 Å². The Balaban J connectivity index is 1.71. The minimum atomic E-state index is -1.23. The minimum absolute atomic E-state index is 0.00641. The lowest BCUT2D eigenvalue weighted by Gasteiger charge is -2.27. The van der Waals surface area contributed by atoms with Crippen LogP contribution in [-0.2, 0) is 41.6 Å². The van der Waals surface area contributed by atoms with Gasteiger partial charge in [0.2, 0.25) is 35.4 Å². The fourth-order valence-electron chi connectivity index (χ4n) is 6.75. The number of benzene rings is 2. The number of rotatable bonds is 13. The van der Waals surface area contributed by atoms with Crippen molar-refractivity contribution in [2.24, 2.45) is 17.4 Å². The van der Waals surface area contributed by atoms with Crippen molar-refractivity contribution in [3.05, 3.63) is 71.9 Å². The van der Waals surface area contributed by atoms with Crippen LogP contribution in [0.3, 0.4) is 0 Å². The largest absolute Gasteiger partial charge is 0.370 e. The number of fused-ring (bicyclic) bond motifs is 1. The molecular formula is C40H57N9O6. The van der Waals surface area contributed by atoms with Gasteiger partial charge in [0.1, 0.15) is 18.1 Å². The number of carbonyl (C=O) groups is 6. The molecule has 2 heterocycles. The molecule has 5 atom stereocenters. The fraction of sp³-hybridized carbons (Fsp3) is 0.500. The third-order valence-corrected chi connectivity index (χ3v) is 9.61. The van der Waals surface area contributed by atoms with Gasteiger partial charge in [0, 0.05) is 61.9 Å². The first-order valence-corrected chi connectivity index (χ1v) is 19.2. The number of unbranched alkanes of at least 4 members (excludes halogenated alkanes) is 1. The Labute approximate surface area is 322 Å². The van der Waals surface area contributed by atoms with Gasteiger partial charge in [0.25, 0.3) is 0 Å². The lowest BCUT2D eigenvalue weighted by Crippen LogP contribution is -2.59. The van der Waals surface area contributed by atoms with Gasteiger partial charge >= 0.3 is 0 Å². The average molecular weight is 760 g/mol. The molecule has 15 nitrogen and oxygen atoms in total. The third kappa shape index (κ3) is 13.8. The second kappa shape index (κ2) is 21.6. The lowest BCUT2D eigenvalue weighted by atomic mass is 10.0. The highest BCUT2D eigenvalue weighted by atomic mass is 16.2. The molecule has 2 unspecified atom stereocenters. The number of nitrogens with two attached hydrogens (primary N) is 2. The Kier molecular flexibility index (Phi) is 16.7. The summed E-state index contributed by atoms with van der Waals surface area (Å²) in [5.41, 5.74) is 13.6. The molecule has 15 heteroatoms. The first-order valence-electron chi connectivity index (χ1n) is 19.2. The van der Waals surface area contributed by atoms with E-state index in [0.717, 1.165) is 22.0 Å². The highest BCUT2D eigenvalue weighted by Gasteiger charge is 2.32. The molecule has 1 aliphatic rings. The summed E-state index contributed by atoms with van der Waals surface area (Å²) in [7, 11) is 0. The number of nitrogens with one attached hydrogen (secondary N) is 7. The Morgan fingerprint density at radius 3 is 2.13 bits per heavy atom. The number of aromatic nitrogens is 1. The number of carbonyl (C=O) groups excluding carboxylic acids is 6. The highest BCUT2D eigenvalue weighted by molar-refractivity contribution is 5.96. The van der Waals surface area contributed by atoms with Crippen molar-refractivity contribution in [1.82, 2.24) is 36.9 Å². The fourth-order valence-corrected chi connectivity index (χ4v) is 6.75. The minimum Gasteiger partial charge on any atom is -0.370 e. The average Bonchev–Trinajstić information content (AvgIpc) is 3.56. The Morgan fingerprint density at radius 1 is 0.764 bits per heavy atom. The molecule has 298 valence electrons. The summed E-state index contributed by atoms with van der Waals surface area (Å²) in [4.78, 5) is 84.3. The summed E-state index contributed by atoms with van der Waals surface area (Å²) in [5, 5.41) is 18.5. The smallest absolute Gasteiger partial charge is 0.243 e. The van der Waals surface area contributed by atoms with Gasteiger partial charge in [0.05, 0.1) is 6.04 Å². The van der Waals surface area contributed by atoms with Crippen LogP contribution in [0.15, 0.2) is 60.8 Å². The van der Waals surface area contributed by atoms with E-state index in [1.54, 1.807) is 6.20 Å². The highest BCUT2D eigenvalue weighted by Crippen LogP contribution is 2.20. The standard InChI is InChI=1S/C40H57N9O6/c1-25(2)20-28-24-45-31(14-8-9-18-41)38(53)47-32(15-16-35(42)50)39(54)49-34(22-27-23-44-30-13-7-6-12-29(27)30)40(55)48-33(21-26-10-4-3-5-11-26)37(52)43-19-17-36(51)46-28/h3-7,10-13,23,25,28,31-34,44-45H,8-9,14-22,24,41H2,1-2H3,(H2,42,50)(H,43,52)(H,46,51)(H,47,53)(H,48,55)(H,49,54)/t28?,31?,32-,33-,34-/m0/s1. The van der Waals surface area contributed by atoms with Gasteiger partial charge in [-0.05, 0) is 55.3 Å². The number of H-pyrrole nitrogens is 1. The number of aromatic amines is 1. The van der Waals surface area contributed by atoms with E-state index in [9.17, 15) is 28.8 Å². The van der Waals surface area contributed by atoms with E-state index >= 15 is 0 Å². The molecule has 1 aromatic heterocycles. The van der Waals surface area contributed by atoms with Crippen LogP contribution in [0, 0.1) is 5.92 Å². The first-order chi connectivity index (χ1) is 26.4. The normalized spacial score (nSPS) is 22.4. The summed E-state index contributed by atoms with van der Waals surface area (Å²) in [6.45, 7) is 4.78. The van der Waals surface area contributed by atoms with Crippen LogP contribution in [0.25, 0.3) is 10.9 Å². The van der Waals surface area contributed by atoms with Gasteiger partial charge in [0.15, 0.2) is 0 Å². The Morgan fingerprint density at radius 2 is 1.42 bits per heavy atom. The number of primary amides is 1. The maximum atomic E-state index is 14.3. The summed E-state index contributed by atoms with van der Waals surface area (Å²) < 4.78 is 0. The number of hydrogen-bond acceptors (Lipinski definition) is 8. The van der Waals surface area contributed by atoms with E-state index in [4.69, 9.17) is 11.5 Å². The monoisotopic (exact) mass is 759 g/mol. The maximum absolute atomic E-state index is 14.3. The van der Waals surface area contributed by atoms with Crippen molar-refractivity contribution >= 4 is 46.3 Å². The number of hydrogen-bond donors (Lipinski definition) is 9. The molecule has 0 spiro atoms. The van der Waals surface area contributed by atoms with Crippen LogP contribution in [-0.4, -0.2) is 90.3 Å². The zero-order valence-electron chi connectivity index (χ0n) is 31.8. The van der Waals surface area contributed by atoms with Gasteiger partial charge in [-0.15, -0.1) is 0 Å². The first kappa shape index (κ1) is 42.5. The summed E-state index contributed by atoms with van der Waals surface area (Å²) in [5.74, 6) is -3.02. The number of para-hydroxylation sites is 1. The van der Waals surface area contributed by atoms with Crippen LogP contribution >= 0.6 is 0 Å². The van der Waals surface area contributed by atoms with E-state index in [0.29, 0.717) is 32.2 Å². The van der Waals surface area contributed by atoms with Gasteiger partial charge in [-0.25, -0.2) is 0 Å². The van der Waals surface area contributed by atoms with E-state index < -0.39 is 53.7 Å². The molecule has 0 saturated carbocycles. The predicted octanol–water partition coefficient (Wildman–Crippen LogP) is 0.811. The van der Waals surface area contributed by atoms with Crippen LogP contribution in [0.2, 0.25) is 0 Å². The molecule has 0 aliphatic carbocycles. The molecule has 1 saturated heterocycles. The SMILES string of the molecule is CC(C)CC1CNC(CCCCN)C(=O)N[C@@H](CCC(N)=O)C(=O)N[C@@H](Cc2c[nH]c3ccccc23)C(=O)N[C@@H](Cc2ccccc2)C(=O)NCCC(=O)N1. The van der Waals surface area contributed by atoms with Crippen molar-refractivity contribution in [2.75, 3.05) is 19.6 Å². The van der Waals surface area contributed by atoms with E-state index in [-0.39, 0.29) is 63.1 Å². The molecule has 0 radical (unpaired) electrons. The van der Waals surface area contributed by atoms with E-state index in [1.165, 1.54) is 0 Å². The molecule has 11 N–H and O–H groups in total. The lowest BCUT2D eigenvalue weighted by molar-refractivity contribution is -0.134. The van der Waals surface area contributed by atoms with Crippen LogP contribution in [0.5, 0.6) is 0 Å². The maximum Gasteiger partial charge on any atom is 0.243 e. The second-order valence-corrected chi connectivity index (χ2v) is 14.6. The molecule has 0 bridgehead atoms. The zero-order chi connectivity index (χ0) is 39.7. The Bertz CT molecular complexity index is 1750. The van der Waals surface area contributed by atoms with Gasteiger partial charge in [-0.2, -0.15) is 0 Å². The van der Waals surface area contributed by atoms with Gasteiger partial charge < -0.3 is 48.4 Å². The summed E-state index contributed by atoms with van der Waals surface area (Å²) >= 11 is 0. The van der Waals surface area contributed by atoms with Crippen LogP contribution in [0.4, 0.5) is 0 Å². The van der Waals surface area contributed by atoms with Crippen molar-refractivity contribution < 1.29 is 28.8 Å². The van der Waals surface area contributed by atoms with Crippen molar-refractivity contribution in [1.29, 1.82) is 0 Å². The summed E-state index contributed by atoms with van der Waals surface area (Å²) in [6, 6.07) is 12.1. The van der Waals surface area contributed by atoms with Crippen molar-refractivity contribution in [3.8, 4) is 0 Å². The molecule has 4 rings (SSSR count). The number of amides is 6. The zero-order valence-corrected chi connectivity index (χ0v) is 31.8. The van der Waals surface area contributed by atoms with Crippen molar-refractivity contribution in [2.45, 2.75) is 102 Å². The Hall–Kier alpha value is -5.28. The van der Waals surface area contributed by atoms with E-state index in [1.807, 2.05) is 68.4 Å².